The van der Waals surface area contributed by atoms with Crippen LogP contribution in [0.2, 0.25) is 0 Å². The Hall–Kier alpha value is -1.81. The highest BCUT2D eigenvalue weighted by Gasteiger charge is 2.22. The first-order chi connectivity index (χ1) is 10.6. The number of carbonyl (C=O) groups excluding carboxylic acids is 1. The molecule has 0 unspecified atom stereocenters. The number of benzene rings is 1. The first kappa shape index (κ1) is 15.1. The quantitative estimate of drug-likeness (QED) is 0.906. The molecule has 0 aliphatic carbocycles. The van der Waals surface area contributed by atoms with Crippen LogP contribution < -0.4 is 10.2 Å². The zero-order chi connectivity index (χ0) is 15.5. The molecule has 0 spiro atoms. The van der Waals surface area contributed by atoms with Gasteiger partial charge in [0.05, 0.1) is 19.1 Å². The number of fused-ring (bicyclic) bond motifs is 1. The molecule has 1 aromatic carbocycles. The van der Waals surface area contributed by atoms with Crippen molar-refractivity contribution in [2.24, 2.45) is 5.92 Å². The lowest BCUT2D eigenvalue weighted by Gasteiger charge is -2.27. The van der Waals surface area contributed by atoms with Gasteiger partial charge in [0, 0.05) is 5.39 Å². The fourth-order valence-corrected chi connectivity index (χ4v) is 3.15. The lowest BCUT2D eigenvalue weighted by atomic mass is 9.99. The predicted molar refractivity (Wildman–Crippen MR) is 86.7 cm³/mol. The van der Waals surface area contributed by atoms with Crippen LogP contribution in [0.25, 0.3) is 11.0 Å². The molecule has 1 amide bonds. The van der Waals surface area contributed by atoms with Crippen LogP contribution in [0.15, 0.2) is 34.7 Å². The van der Waals surface area contributed by atoms with Gasteiger partial charge in [0.1, 0.15) is 11.3 Å². The Kier molecular flexibility index (Phi) is 4.48. The highest BCUT2D eigenvalue weighted by atomic mass is 16.3. The van der Waals surface area contributed by atoms with E-state index in [1.54, 1.807) is 0 Å². The van der Waals surface area contributed by atoms with Crippen LogP contribution in [0.1, 0.15) is 38.5 Å². The van der Waals surface area contributed by atoms with Crippen molar-refractivity contribution in [2.75, 3.05) is 19.6 Å². The van der Waals surface area contributed by atoms with E-state index in [0.29, 0.717) is 6.54 Å². The van der Waals surface area contributed by atoms with Crippen molar-refractivity contribution in [1.82, 2.24) is 5.32 Å². The maximum Gasteiger partial charge on any atom is 0.275 e. The molecule has 22 heavy (non-hydrogen) atoms. The summed E-state index contributed by atoms with van der Waals surface area (Å²) in [4.78, 5) is 13.6. The Balaban J connectivity index is 1.56. The van der Waals surface area contributed by atoms with Gasteiger partial charge in [-0.2, -0.15) is 0 Å². The van der Waals surface area contributed by atoms with Crippen LogP contribution in [0, 0.1) is 5.92 Å². The second-order valence-corrected chi connectivity index (χ2v) is 6.59. The molecule has 1 aliphatic rings. The molecule has 0 radical (unpaired) electrons. The normalized spacial score (nSPS) is 23.4. The fraction of sp³-hybridized carbons (Fsp3) is 0.500. The molecule has 1 aromatic heterocycles. The fourth-order valence-electron chi connectivity index (χ4n) is 3.15. The molecule has 2 heterocycles. The lowest BCUT2D eigenvalue weighted by Crippen LogP contribution is -3.14. The molecule has 1 atom stereocenters. The van der Waals surface area contributed by atoms with Crippen LogP contribution in [-0.4, -0.2) is 25.5 Å². The summed E-state index contributed by atoms with van der Waals surface area (Å²) in [5.41, 5.74) is 0.870. The molecule has 3 rings (SSSR count). The SMILES string of the molecule is CC1CC[NH+](CC(=O)N[C@@H](C)c2cc3ccccc3o2)CC1. The minimum atomic E-state index is -0.0944. The number of carbonyl (C=O) groups is 1. The second-order valence-electron chi connectivity index (χ2n) is 6.59. The Morgan fingerprint density at radius 2 is 2.09 bits per heavy atom. The van der Waals surface area contributed by atoms with Gasteiger partial charge >= 0.3 is 0 Å². The van der Waals surface area contributed by atoms with Crippen molar-refractivity contribution in [3.05, 3.63) is 36.1 Å². The maximum absolute atomic E-state index is 12.2. The number of piperidine rings is 1. The smallest absolute Gasteiger partial charge is 0.275 e. The minimum Gasteiger partial charge on any atom is -0.459 e. The van der Waals surface area contributed by atoms with Crippen molar-refractivity contribution in [3.63, 3.8) is 0 Å². The van der Waals surface area contributed by atoms with Crippen molar-refractivity contribution in [3.8, 4) is 0 Å². The molecular weight excluding hydrogens is 276 g/mol. The summed E-state index contributed by atoms with van der Waals surface area (Å²) >= 11 is 0. The van der Waals surface area contributed by atoms with Crippen LogP contribution in [0.4, 0.5) is 0 Å². The van der Waals surface area contributed by atoms with Crippen molar-refractivity contribution in [1.29, 1.82) is 0 Å². The molecule has 2 aromatic rings. The van der Waals surface area contributed by atoms with E-state index in [0.717, 1.165) is 35.7 Å². The first-order valence-corrected chi connectivity index (χ1v) is 8.23. The summed E-state index contributed by atoms with van der Waals surface area (Å²) in [5.74, 6) is 1.73. The third kappa shape index (κ3) is 3.50. The van der Waals surface area contributed by atoms with Gasteiger partial charge in [0.25, 0.3) is 5.91 Å². The average molecular weight is 301 g/mol. The standard InChI is InChI=1S/C18H24N2O2/c1-13-7-9-20(10-8-13)12-18(21)19-14(2)17-11-15-5-3-4-6-16(15)22-17/h3-6,11,13-14H,7-10,12H2,1-2H3,(H,19,21)/p+1/t14-/m0/s1. The molecule has 1 saturated heterocycles. The summed E-state index contributed by atoms with van der Waals surface area (Å²) in [6.45, 7) is 7.04. The van der Waals surface area contributed by atoms with Gasteiger partial charge in [-0.25, -0.2) is 0 Å². The number of furan rings is 1. The van der Waals surface area contributed by atoms with Gasteiger partial charge in [-0.15, -0.1) is 0 Å². The molecular formula is C18H25N2O2+. The minimum absolute atomic E-state index is 0.0944. The largest absolute Gasteiger partial charge is 0.459 e. The van der Waals surface area contributed by atoms with E-state index in [-0.39, 0.29) is 11.9 Å². The molecule has 118 valence electrons. The Morgan fingerprint density at radius 3 is 2.82 bits per heavy atom. The number of nitrogens with one attached hydrogen (secondary N) is 2. The Labute approximate surface area is 131 Å². The molecule has 2 N–H and O–H groups in total. The van der Waals surface area contributed by atoms with E-state index in [4.69, 9.17) is 4.42 Å². The van der Waals surface area contributed by atoms with Gasteiger partial charge in [0.15, 0.2) is 6.54 Å². The summed E-state index contributed by atoms with van der Waals surface area (Å²) in [6, 6.07) is 9.84. The number of amides is 1. The van der Waals surface area contributed by atoms with Gasteiger partial charge in [0.2, 0.25) is 0 Å². The molecule has 0 bridgehead atoms. The van der Waals surface area contributed by atoms with E-state index in [1.165, 1.54) is 17.7 Å². The van der Waals surface area contributed by atoms with Gasteiger partial charge in [-0.3, -0.25) is 4.79 Å². The van der Waals surface area contributed by atoms with Crippen molar-refractivity contribution < 1.29 is 14.1 Å². The first-order valence-electron chi connectivity index (χ1n) is 8.23. The molecule has 4 nitrogen and oxygen atoms in total. The van der Waals surface area contributed by atoms with Gasteiger partial charge in [-0.05, 0) is 37.8 Å². The third-order valence-electron chi connectivity index (χ3n) is 4.64. The monoisotopic (exact) mass is 301 g/mol. The van der Waals surface area contributed by atoms with Gasteiger partial charge < -0.3 is 14.6 Å². The van der Waals surface area contributed by atoms with Gasteiger partial charge in [-0.1, -0.05) is 25.1 Å². The van der Waals surface area contributed by atoms with Crippen LogP contribution in [0.5, 0.6) is 0 Å². The third-order valence-corrected chi connectivity index (χ3v) is 4.64. The number of rotatable bonds is 4. The highest BCUT2D eigenvalue weighted by Crippen LogP contribution is 2.23. The van der Waals surface area contributed by atoms with E-state index in [1.807, 2.05) is 37.3 Å². The summed E-state index contributed by atoms with van der Waals surface area (Å²) < 4.78 is 5.81. The van der Waals surface area contributed by atoms with E-state index >= 15 is 0 Å². The Bertz CT molecular complexity index is 608. The summed E-state index contributed by atoms with van der Waals surface area (Å²) in [6.07, 6.45) is 2.45. The zero-order valence-electron chi connectivity index (χ0n) is 13.4. The van der Waals surface area contributed by atoms with E-state index < -0.39 is 0 Å². The molecule has 1 fully saturated rings. The maximum atomic E-state index is 12.2. The number of para-hydroxylation sites is 1. The van der Waals surface area contributed by atoms with Crippen molar-refractivity contribution in [2.45, 2.75) is 32.7 Å². The summed E-state index contributed by atoms with van der Waals surface area (Å²) in [5, 5.41) is 4.14. The molecule has 0 saturated carbocycles. The second kappa shape index (κ2) is 6.53. The Morgan fingerprint density at radius 1 is 1.36 bits per heavy atom. The number of quaternary nitrogens is 1. The highest BCUT2D eigenvalue weighted by molar-refractivity contribution is 5.79. The number of likely N-dealkylation sites (tertiary alicyclic amines) is 1. The molecule has 1 aliphatic heterocycles. The predicted octanol–water partition coefficient (Wildman–Crippen LogP) is 1.92. The van der Waals surface area contributed by atoms with E-state index in [2.05, 4.69) is 12.2 Å². The molecule has 4 heteroatoms. The topological polar surface area (TPSA) is 46.7 Å². The lowest BCUT2D eigenvalue weighted by molar-refractivity contribution is -0.898. The van der Waals surface area contributed by atoms with Crippen LogP contribution in [0.3, 0.4) is 0 Å². The number of hydrogen-bond donors (Lipinski definition) is 2. The zero-order valence-corrected chi connectivity index (χ0v) is 13.4. The van der Waals surface area contributed by atoms with Crippen LogP contribution >= 0.6 is 0 Å². The van der Waals surface area contributed by atoms with Crippen molar-refractivity contribution >= 4 is 16.9 Å². The van der Waals surface area contributed by atoms with Crippen LogP contribution in [-0.2, 0) is 4.79 Å². The van der Waals surface area contributed by atoms with E-state index in [9.17, 15) is 4.79 Å². The number of hydrogen-bond acceptors (Lipinski definition) is 2. The average Bonchev–Trinajstić information content (AvgIpc) is 2.93. The summed E-state index contributed by atoms with van der Waals surface area (Å²) in [7, 11) is 0.